The molecule has 4 rings (SSSR count). The predicted octanol–water partition coefficient (Wildman–Crippen LogP) is -0.0323. The molecule has 3 aliphatic carbocycles. The van der Waals surface area contributed by atoms with Crippen LogP contribution in [0.2, 0.25) is 0 Å². The second kappa shape index (κ2) is 8.94. The lowest BCUT2D eigenvalue weighted by Crippen LogP contribution is -2.68. The summed E-state index contributed by atoms with van der Waals surface area (Å²) in [6, 6.07) is 1.78. The molecule has 0 saturated heterocycles. The van der Waals surface area contributed by atoms with Crippen molar-refractivity contribution in [3.63, 3.8) is 0 Å². The highest BCUT2D eigenvalue weighted by molar-refractivity contribution is 6.31. The smallest absolute Gasteiger partial charge is 0.235 e. The Hall–Kier alpha value is -3.37. The van der Waals surface area contributed by atoms with Gasteiger partial charge < -0.3 is 25.7 Å². The van der Waals surface area contributed by atoms with Gasteiger partial charge in [0.25, 0.3) is 0 Å². The third-order valence-electron chi connectivity index (χ3n) is 7.66. The summed E-state index contributed by atoms with van der Waals surface area (Å²) in [5.74, 6) is -10.1. The highest BCUT2D eigenvalue weighted by Crippen LogP contribution is 2.51. The predicted molar refractivity (Wildman–Crippen MR) is 130 cm³/mol. The van der Waals surface area contributed by atoms with E-state index in [4.69, 9.17) is 5.73 Å². The van der Waals surface area contributed by atoms with Crippen LogP contribution >= 0.6 is 0 Å². The van der Waals surface area contributed by atoms with E-state index in [1.54, 1.807) is 12.1 Å². The van der Waals surface area contributed by atoms with Gasteiger partial charge in [0.15, 0.2) is 34.7 Å². The van der Waals surface area contributed by atoms with Gasteiger partial charge >= 0.3 is 0 Å². The van der Waals surface area contributed by atoms with Gasteiger partial charge in [-0.15, -0.1) is 0 Å². The molecular weight excluding hydrogens is 466 g/mol. The molecule has 2 saturated carbocycles. The van der Waals surface area contributed by atoms with Crippen LogP contribution in [0.5, 0.6) is 5.75 Å². The summed E-state index contributed by atoms with van der Waals surface area (Å²) in [6.07, 6.45) is 3.49. The number of ketones is 4. The Labute approximate surface area is 208 Å². The minimum Gasteiger partial charge on any atom is -0.507 e. The van der Waals surface area contributed by atoms with Crippen LogP contribution in [0, 0.1) is 23.7 Å². The summed E-state index contributed by atoms with van der Waals surface area (Å²) in [6.45, 7) is 0.598. The maximum absolute atomic E-state index is 13.8. The van der Waals surface area contributed by atoms with E-state index in [0.717, 1.165) is 0 Å². The van der Waals surface area contributed by atoms with Crippen molar-refractivity contribution < 1.29 is 34.2 Å². The van der Waals surface area contributed by atoms with Crippen LogP contribution in [-0.2, 0) is 25.6 Å². The lowest BCUT2D eigenvalue weighted by molar-refractivity contribution is -0.175. The van der Waals surface area contributed by atoms with Gasteiger partial charge in [0, 0.05) is 44.2 Å². The molecule has 1 amide bonds. The van der Waals surface area contributed by atoms with Gasteiger partial charge in [-0.3, -0.25) is 24.0 Å². The number of Topliss-reactive ketones (excluding diaryl/α,β-unsaturated/α-hetero) is 4. The van der Waals surface area contributed by atoms with Gasteiger partial charge in [-0.05, 0) is 44.5 Å². The van der Waals surface area contributed by atoms with E-state index in [9.17, 15) is 34.2 Å². The molecule has 192 valence electrons. The van der Waals surface area contributed by atoms with Crippen molar-refractivity contribution in [1.82, 2.24) is 4.90 Å². The monoisotopic (exact) mass is 497 g/mol. The topological polar surface area (TPSA) is 158 Å². The minimum atomic E-state index is -2.65. The number of rotatable bonds is 5. The number of hydrogen-bond acceptors (Lipinski definition) is 9. The first-order valence-corrected chi connectivity index (χ1v) is 11.8. The number of likely N-dealkylation sites (N-methyl/N-ethyl adjacent to an activating group) is 1. The molecule has 5 atom stereocenters. The number of benzene rings is 1. The van der Waals surface area contributed by atoms with Crippen molar-refractivity contribution in [3.05, 3.63) is 28.8 Å². The van der Waals surface area contributed by atoms with Crippen molar-refractivity contribution in [2.24, 2.45) is 29.4 Å². The molecule has 0 heterocycles. The molecule has 0 bridgehead atoms. The number of anilines is 1. The summed E-state index contributed by atoms with van der Waals surface area (Å²) < 4.78 is 0. The molecule has 3 aliphatic rings. The van der Waals surface area contributed by atoms with Crippen molar-refractivity contribution in [2.45, 2.75) is 24.9 Å². The zero-order valence-electron chi connectivity index (χ0n) is 20.8. The van der Waals surface area contributed by atoms with Gasteiger partial charge in [0.05, 0.1) is 11.5 Å². The first kappa shape index (κ1) is 25.7. The molecule has 10 nitrogen and oxygen atoms in total. The summed E-state index contributed by atoms with van der Waals surface area (Å²) in [5, 5.41) is 22.4. The van der Waals surface area contributed by atoms with Gasteiger partial charge in [-0.1, -0.05) is 12.2 Å². The summed E-state index contributed by atoms with van der Waals surface area (Å²) >= 11 is 0. The largest absolute Gasteiger partial charge is 0.507 e. The first-order valence-electron chi connectivity index (χ1n) is 11.8. The van der Waals surface area contributed by atoms with Crippen molar-refractivity contribution in [1.29, 1.82) is 0 Å². The Kier molecular flexibility index (Phi) is 6.38. The van der Waals surface area contributed by atoms with E-state index in [0.29, 0.717) is 23.4 Å². The van der Waals surface area contributed by atoms with E-state index in [2.05, 4.69) is 0 Å². The number of nitrogens with zero attached hydrogens (tertiary/aromatic N) is 2. The fourth-order valence-electron chi connectivity index (χ4n) is 5.95. The van der Waals surface area contributed by atoms with Crippen LogP contribution in [0.25, 0.3) is 6.08 Å². The van der Waals surface area contributed by atoms with Gasteiger partial charge in [-0.2, -0.15) is 0 Å². The van der Waals surface area contributed by atoms with Crippen LogP contribution < -0.4 is 10.6 Å². The lowest BCUT2D eigenvalue weighted by atomic mass is 9.53. The minimum absolute atomic E-state index is 0.00635. The zero-order valence-corrected chi connectivity index (χ0v) is 20.8. The second-order valence-corrected chi connectivity index (χ2v) is 10.5. The third-order valence-corrected chi connectivity index (χ3v) is 7.66. The number of amides is 1. The molecule has 2 fully saturated rings. The molecule has 0 aliphatic heterocycles. The van der Waals surface area contributed by atoms with Gasteiger partial charge in [0.1, 0.15) is 5.75 Å². The Bertz CT molecular complexity index is 1220. The molecule has 0 radical (unpaired) electrons. The molecule has 1 aromatic rings. The second-order valence-electron chi connectivity index (χ2n) is 10.5. The number of aliphatic hydroxyl groups is 1. The van der Waals surface area contributed by atoms with Crippen molar-refractivity contribution in [3.8, 4) is 5.75 Å². The highest BCUT2D eigenvalue weighted by atomic mass is 16.3. The molecule has 10 heteroatoms. The standard InChI is InChI=1S/C26H31N3O7/c1-28(2)7-5-6-12-10-16(29(3)4)15-9-13-8-14-11-17(30)20(25(27)35)24(34)26(14,36)23(33)18(13)22(32)19(15)21(12)31/h5-6,10,13-14,18,20,31,36H,7-9,11H2,1-4H3,(H2,27,35)/t13-,14+,18?,20?,26+/m1/s1. The quantitative estimate of drug-likeness (QED) is 0.475. The van der Waals surface area contributed by atoms with Crippen molar-refractivity contribution in [2.75, 3.05) is 39.6 Å². The van der Waals surface area contributed by atoms with Crippen LogP contribution in [0.4, 0.5) is 5.69 Å². The lowest BCUT2D eigenvalue weighted by Gasteiger charge is -2.48. The van der Waals surface area contributed by atoms with E-state index in [-0.39, 0.29) is 30.6 Å². The van der Waals surface area contributed by atoms with E-state index in [1.165, 1.54) is 0 Å². The van der Waals surface area contributed by atoms with E-state index >= 15 is 0 Å². The third kappa shape index (κ3) is 3.75. The molecule has 1 aromatic carbocycles. The molecule has 0 spiro atoms. The van der Waals surface area contributed by atoms with Crippen LogP contribution in [0.15, 0.2) is 12.1 Å². The first-order chi connectivity index (χ1) is 16.8. The molecular formula is C26H31N3O7. The number of aromatic hydroxyl groups is 1. The Balaban J connectivity index is 1.82. The van der Waals surface area contributed by atoms with Crippen LogP contribution in [0.3, 0.4) is 0 Å². The SMILES string of the molecule is CN(C)CC=Cc1cc(N(C)C)c2c(c1O)C(=O)C1C(=O)[C@]3(O)C(=O)C(C(N)=O)C(=O)C[C@@H]3C[C@@H]1C2. The molecule has 4 N–H and O–H groups in total. The van der Waals surface area contributed by atoms with Crippen LogP contribution in [-0.4, -0.2) is 84.5 Å². The summed E-state index contributed by atoms with van der Waals surface area (Å²) in [5.41, 5.74) is 4.25. The Morgan fingerprint density at radius 1 is 1.14 bits per heavy atom. The number of carbonyl (C=O) groups is 5. The number of nitrogens with two attached hydrogens (primary N) is 1. The Morgan fingerprint density at radius 2 is 1.81 bits per heavy atom. The number of phenols is 1. The van der Waals surface area contributed by atoms with Crippen LogP contribution in [0.1, 0.15) is 34.3 Å². The number of fused-ring (bicyclic) bond motifs is 3. The molecule has 2 unspecified atom stereocenters. The normalized spacial score (nSPS) is 29.8. The Morgan fingerprint density at radius 3 is 2.39 bits per heavy atom. The average Bonchev–Trinajstić information content (AvgIpc) is 2.77. The number of primary amides is 1. The number of carbonyl (C=O) groups excluding carboxylic acids is 5. The molecule has 0 aromatic heterocycles. The van der Waals surface area contributed by atoms with Gasteiger partial charge in [0.2, 0.25) is 5.91 Å². The summed E-state index contributed by atoms with van der Waals surface area (Å²) in [7, 11) is 7.40. The fraction of sp³-hybridized carbons (Fsp3) is 0.500. The van der Waals surface area contributed by atoms with E-state index in [1.807, 2.05) is 44.1 Å². The van der Waals surface area contributed by atoms with Crippen molar-refractivity contribution >= 4 is 40.8 Å². The maximum Gasteiger partial charge on any atom is 0.235 e. The zero-order chi connectivity index (χ0) is 26.7. The van der Waals surface area contributed by atoms with E-state index < -0.39 is 58.3 Å². The highest BCUT2D eigenvalue weighted by Gasteiger charge is 2.66. The fourth-order valence-corrected chi connectivity index (χ4v) is 5.95. The summed E-state index contributed by atoms with van der Waals surface area (Å²) in [4.78, 5) is 68.4. The molecule has 36 heavy (non-hydrogen) atoms. The maximum atomic E-state index is 13.8. The average molecular weight is 498 g/mol. The van der Waals surface area contributed by atoms with Gasteiger partial charge in [-0.25, -0.2) is 0 Å². The number of hydrogen-bond donors (Lipinski definition) is 3. The number of phenolic OH excluding ortho intramolecular Hbond substituents is 1.